The fraction of sp³-hybridized carbons (Fsp3) is 0.167. The number of carbonyl (C=O) groups is 1. The van der Waals surface area contributed by atoms with Crippen LogP contribution < -0.4 is 16.4 Å². The monoisotopic (exact) mass is 366 g/mol. The Morgan fingerprint density at radius 3 is 2.96 bits per heavy atom. The third-order valence-electron chi connectivity index (χ3n) is 4.13. The highest BCUT2D eigenvalue weighted by molar-refractivity contribution is 7.21. The van der Waals surface area contributed by atoms with Gasteiger partial charge in [0, 0.05) is 29.5 Å². The number of aromatic nitrogens is 3. The van der Waals surface area contributed by atoms with Crippen molar-refractivity contribution in [1.29, 1.82) is 0 Å². The van der Waals surface area contributed by atoms with Gasteiger partial charge in [0.15, 0.2) is 11.5 Å². The van der Waals surface area contributed by atoms with Gasteiger partial charge < -0.3 is 16.4 Å². The van der Waals surface area contributed by atoms with Gasteiger partial charge >= 0.3 is 0 Å². The summed E-state index contributed by atoms with van der Waals surface area (Å²) in [5.74, 6) is 0.367. The van der Waals surface area contributed by atoms with Crippen molar-refractivity contribution in [3.05, 3.63) is 42.2 Å². The molecule has 0 unspecified atom stereocenters. The number of anilines is 2. The normalized spacial score (nSPS) is 11.2. The Bertz CT molecular complexity index is 1130. The molecule has 0 spiro atoms. The lowest BCUT2D eigenvalue weighted by atomic mass is 10.1. The molecule has 0 atom stereocenters. The number of nitrogens with two attached hydrogens (primary N) is 1. The molecule has 0 radical (unpaired) electrons. The summed E-state index contributed by atoms with van der Waals surface area (Å²) in [5, 5.41) is 6.15. The Hall–Kier alpha value is -3.13. The molecule has 0 bridgehead atoms. The summed E-state index contributed by atoms with van der Waals surface area (Å²) in [5.41, 5.74) is 9.91. The molecule has 1 aromatic carbocycles. The molecule has 4 aromatic rings. The number of primary amides is 1. The Balaban J connectivity index is 1.83. The zero-order valence-corrected chi connectivity index (χ0v) is 15.2. The lowest BCUT2D eigenvalue weighted by Crippen LogP contribution is -2.21. The van der Waals surface area contributed by atoms with E-state index in [2.05, 4.69) is 26.1 Å². The van der Waals surface area contributed by atoms with E-state index >= 15 is 0 Å². The predicted molar refractivity (Wildman–Crippen MR) is 106 cm³/mol. The Morgan fingerprint density at radius 2 is 2.19 bits per heavy atom. The Labute approximate surface area is 153 Å². The van der Waals surface area contributed by atoms with Crippen LogP contribution in [0.3, 0.4) is 0 Å². The van der Waals surface area contributed by atoms with Crippen LogP contribution in [0.1, 0.15) is 5.69 Å². The molecule has 7 nitrogen and oxygen atoms in total. The second-order valence-corrected chi connectivity index (χ2v) is 7.00. The average molecular weight is 366 g/mol. The van der Waals surface area contributed by atoms with Crippen LogP contribution in [0, 0.1) is 6.92 Å². The second kappa shape index (κ2) is 6.30. The first-order valence-electron chi connectivity index (χ1n) is 8.15. The molecule has 0 aliphatic rings. The minimum atomic E-state index is -0.390. The van der Waals surface area contributed by atoms with Crippen molar-refractivity contribution in [2.75, 3.05) is 24.2 Å². The molecule has 0 saturated carbocycles. The van der Waals surface area contributed by atoms with Crippen molar-refractivity contribution < 1.29 is 4.79 Å². The van der Waals surface area contributed by atoms with E-state index in [9.17, 15) is 4.79 Å². The fourth-order valence-electron chi connectivity index (χ4n) is 2.92. The number of thiophene rings is 1. The molecule has 0 fully saturated rings. The summed E-state index contributed by atoms with van der Waals surface area (Å²) >= 11 is 1.66. The second-order valence-electron chi connectivity index (χ2n) is 5.97. The van der Waals surface area contributed by atoms with Crippen LogP contribution in [0.5, 0.6) is 0 Å². The number of imidazole rings is 1. The van der Waals surface area contributed by atoms with Crippen LogP contribution in [-0.4, -0.2) is 33.9 Å². The van der Waals surface area contributed by atoms with Gasteiger partial charge in [0.05, 0.1) is 6.54 Å². The predicted octanol–water partition coefficient (Wildman–Crippen LogP) is 2.86. The number of hydrogen-bond donors (Lipinski definition) is 3. The molecule has 0 aliphatic carbocycles. The van der Waals surface area contributed by atoms with E-state index < -0.39 is 0 Å². The molecular weight excluding hydrogens is 348 g/mol. The van der Waals surface area contributed by atoms with Gasteiger partial charge in [-0.1, -0.05) is 12.1 Å². The topological polar surface area (TPSA) is 97.3 Å². The Kier molecular flexibility index (Phi) is 3.96. The van der Waals surface area contributed by atoms with E-state index in [0.29, 0.717) is 0 Å². The zero-order valence-electron chi connectivity index (χ0n) is 14.4. The van der Waals surface area contributed by atoms with Crippen molar-refractivity contribution in [1.82, 2.24) is 14.4 Å². The van der Waals surface area contributed by atoms with Crippen LogP contribution in [0.15, 0.2) is 36.5 Å². The van der Waals surface area contributed by atoms with Crippen molar-refractivity contribution in [2.24, 2.45) is 5.73 Å². The van der Waals surface area contributed by atoms with E-state index in [4.69, 9.17) is 10.7 Å². The highest BCUT2D eigenvalue weighted by Crippen LogP contribution is 2.35. The van der Waals surface area contributed by atoms with Gasteiger partial charge in [-0.3, -0.25) is 9.20 Å². The number of nitrogens with one attached hydrogen (secondary N) is 2. The van der Waals surface area contributed by atoms with Crippen LogP contribution >= 0.6 is 11.3 Å². The highest BCUT2D eigenvalue weighted by Gasteiger charge is 2.14. The number of fused-ring (bicyclic) bond motifs is 3. The molecule has 0 saturated heterocycles. The van der Waals surface area contributed by atoms with E-state index in [-0.39, 0.29) is 12.5 Å². The minimum absolute atomic E-state index is 0.109. The van der Waals surface area contributed by atoms with Crippen LogP contribution in [0.2, 0.25) is 0 Å². The van der Waals surface area contributed by atoms with E-state index in [1.54, 1.807) is 11.3 Å². The number of nitrogens with zero attached hydrogens (tertiary/aromatic N) is 3. The zero-order chi connectivity index (χ0) is 18.3. The van der Waals surface area contributed by atoms with Crippen LogP contribution in [0.25, 0.3) is 26.4 Å². The molecule has 26 heavy (non-hydrogen) atoms. The third-order valence-corrected chi connectivity index (χ3v) is 5.29. The van der Waals surface area contributed by atoms with Gasteiger partial charge in [0.1, 0.15) is 10.3 Å². The van der Waals surface area contributed by atoms with Gasteiger partial charge in [0.25, 0.3) is 0 Å². The summed E-state index contributed by atoms with van der Waals surface area (Å²) in [6.07, 6.45) is 1.85. The first kappa shape index (κ1) is 16.3. The SMILES string of the molecule is CNc1nc2cc(-c3cccc(NCC(N)=O)c3)sc2n2c(C)cnc12. The molecule has 4 N–H and O–H groups in total. The van der Waals surface area contributed by atoms with E-state index in [1.165, 1.54) is 0 Å². The quantitative estimate of drug-likeness (QED) is 0.505. The van der Waals surface area contributed by atoms with Crippen molar-refractivity contribution in [3.8, 4) is 10.4 Å². The number of aryl methyl sites for hydroxylation is 1. The first-order chi connectivity index (χ1) is 12.6. The molecule has 0 aliphatic heterocycles. The summed E-state index contributed by atoms with van der Waals surface area (Å²) < 4.78 is 2.12. The standard InChI is InChI=1S/C18H18N6OS/c1-10-8-22-17-16(20-2)23-13-7-14(26-18(13)24(10)17)11-4-3-5-12(6-11)21-9-15(19)25/h3-8,21H,9H2,1-2H3,(H2,19,25)(H,20,23). The number of amides is 1. The summed E-state index contributed by atoms with van der Waals surface area (Å²) in [7, 11) is 1.85. The third kappa shape index (κ3) is 2.74. The lowest BCUT2D eigenvalue weighted by molar-refractivity contribution is -0.116. The number of rotatable bonds is 5. The molecule has 4 rings (SSSR count). The van der Waals surface area contributed by atoms with E-state index in [0.717, 1.165) is 43.6 Å². The van der Waals surface area contributed by atoms with E-state index in [1.807, 2.05) is 44.4 Å². The summed E-state index contributed by atoms with van der Waals surface area (Å²) in [4.78, 5) is 22.3. The number of carbonyl (C=O) groups excluding carboxylic acids is 1. The summed E-state index contributed by atoms with van der Waals surface area (Å²) in [6.45, 7) is 2.14. The van der Waals surface area contributed by atoms with Crippen LogP contribution in [0.4, 0.5) is 11.5 Å². The summed E-state index contributed by atoms with van der Waals surface area (Å²) in [6, 6.07) is 9.98. The minimum Gasteiger partial charge on any atom is -0.376 e. The van der Waals surface area contributed by atoms with Crippen LogP contribution in [-0.2, 0) is 4.79 Å². The fourth-order valence-corrected chi connectivity index (χ4v) is 4.08. The van der Waals surface area contributed by atoms with Crippen molar-refractivity contribution in [2.45, 2.75) is 6.92 Å². The van der Waals surface area contributed by atoms with Gasteiger partial charge in [-0.25, -0.2) is 9.97 Å². The number of hydrogen-bond acceptors (Lipinski definition) is 6. The molecule has 3 aromatic heterocycles. The molecule has 3 heterocycles. The average Bonchev–Trinajstić information content (AvgIpc) is 3.23. The smallest absolute Gasteiger partial charge is 0.236 e. The highest BCUT2D eigenvalue weighted by atomic mass is 32.1. The molecule has 132 valence electrons. The largest absolute Gasteiger partial charge is 0.376 e. The lowest BCUT2D eigenvalue weighted by Gasteiger charge is -2.05. The maximum atomic E-state index is 11.0. The number of benzene rings is 1. The van der Waals surface area contributed by atoms with Gasteiger partial charge in [0.2, 0.25) is 5.91 Å². The maximum absolute atomic E-state index is 11.0. The van der Waals surface area contributed by atoms with Crippen molar-refractivity contribution >= 4 is 44.7 Å². The van der Waals surface area contributed by atoms with Gasteiger partial charge in [-0.15, -0.1) is 11.3 Å². The van der Waals surface area contributed by atoms with Gasteiger partial charge in [-0.2, -0.15) is 0 Å². The first-order valence-corrected chi connectivity index (χ1v) is 8.96. The molecule has 8 heteroatoms. The molecule has 1 amide bonds. The van der Waals surface area contributed by atoms with Gasteiger partial charge in [-0.05, 0) is 30.7 Å². The Morgan fingerprint density at radius 1 is 1.35 bits per heavy atom. The maximum Gasteiger partial charge on any atom is 0.236 e. The molecular formula is C18H18N6OS. The van der Waals surface area contributed by atoms with Crippen molar-refractivity contribution in [3.63, 3.8) is 0 Å².